The summed E-state index contributed by atoms with van der Waals surface area (Å²) in [5, 5.41) is 8.62. The van der Waals surface area contributed by atoms with E-state index >= 15 is 0 Å². The minimum Gasteiger partial charge on any atom is -0.481 e. The minimum atomic E-state index is -0.987. The van der Waals surface area contributed by atoms with E-state index in [1.165, 1.54) is 17.0 Å². The monoisotopic (exact) mass is 267 g/mol. The normalized spacial score (nSPS) is 19.5. The molecule has 1 atom stereocenters. The molecule has 1 fully saturated rings. The number of para-hydroxylation sites is 1. The van der Waals surface area contributed by atoms with E-state index in [0.717, 1.165) is 0 Å². The zero-order chi connectivity index (χ0) is 13.8. The van der Waals surface area contributed by atoms with Gasteiger partial charge in [-0.3, -0.25) is 9.59 Å². The van der Waals surface area contributed by atoms with Crippen LogP contribution >= 0.6 is 0 Å². The van der Waals surface area contributed by atoms with Crippen molar-refractivity contribution in [2.75, 3.05) is 18.1 Å². The smallest absolute Gasteiger partial charge is 0.303 e. The maximum Gasteiger partial charge on any atom is 0.303 e. The van der Waals surface area contributed by atoms with E-state index in [9.17, 15) is 14.0 Å². The fourth-order valence-corrected chi connectivity index (χ4v) is 2.01. The zero-order valence-corrected chi connectivity index (χ0v) is 10.2. The lowest BCUT2D eigenvalue weighted by atomic mass is 10.1. The average Bonchev–Trinajstić information content (AvgIpc) is 2.38. The molecule has 0 radical (unpaired) electrons. The lowest BCUT2D eigenvalue weighted by Crippen LogP contribution is -2.48. The van der Waals surface area contributed by atoms with Gasteiger partial charge >= 0.3 is 5.97 Å². The predicted molar refractivity (Wildman–Crippen MR) is 65.4 cm³/mol. The molecule has 19 heavy (non-hydrogen) atoms. The van der Waals surface area contributed by atoms with Crippen LogP contribution in [-0.4, -0.2) is 36.2 Å². The Balaban J connectivity index is 2.12. The van der Waals surface area contributed by atoms with Crippen molar-refractivity contribution >= 4 is 17.6 Å². The maximum absolute atomic E-state index is 13.7. The molecular formula is C13H14FNO4. The average molecular weight is 267 g/mol. The summed E-state index contributed by atoms with van der Waals surface area (Å²) in [5.74, 6) is -1.85. The Labute approximate surface area is 109 Å². The summed E-state index contributed by atoms with van der Waals surface area (Å²) in [4.78, 5) is 24.0. The zero-order valence-electron chi connectivity index (χ0n) is 10.2. The molecule has 1 aromatic carbocycles. The largest absolute Gasteiger partial charge is 0.481 e. The van der Waals surface area contributed by atoms with Crippen molar-refractivity contribution in [3.05, 3.63) is 30.1 Å². The maximum atomic E-state index is 13.7. The van der Waals surface area contributed by atoms with Gasteiger partial charge in [0.2, 0.25) is 0 Å². The Morgan fingerprint density at radius 2 is 2.21 bits per heavy atom. The second kappa shape index (κ2) is 5.79. The van der Waals surface area contributed by atoms with Crippen LogP contribution in [0.25, 0.3) is 0 Å². The number of rotatable bonds is 4. The number of hydrogen-bond donors (Lipinski definition) is 1. The summed E-state index contributed by atoms with van der Waals surface area (Å²) in [7, 11) is 0. The van der Waals surface area contributed by atoms with Crippen LogP contribution in [-0.2, 0) is 14.3 Å². The lowest BCUT2D eigenvalue weighted by molar-refractivity contribution is -0.140. The van der Waals surface area contributed by atoms with Gasteiger partial charge in [-0.15, -0.1) is 0 Å². The Bertz CT molecular complexity index is 491. The number of ether oxygens (including phenoxy) is 1. The predicted octanol–water partition coefficient (Wildman–Crippen LogP) is 1.42. The van der Waals surface area contributed by atoms with Gasteiger partial charge in [0.15, 0.2) is 0 Å². The molecule has 0 saturated carbocycles. The van der Waals surface area contributed by atoms with E-state index in [2.05, 4.69) is 0 Å². The number of anilines is 1. The third kappa shape index (κ3) is 3.08. The summed E-state index contributed by atoms with van der Waals surface area (Å²) in [6.45, 7) is 0.535. The first-order chi connectivity index (χ1) is 9.09. The van der Waals surface area contributed by atoms with Gasteiger partial charge in [-0.1, -0.05) is 12.1 Å². The number of morpholine rings is 1. The number of hydrogen-bond acceptors (Lipinski definition) is 3. The van der Waals surface area contributed by atoms with Gasteiger partial charge in [0, 0.05) is 13.0 Å². The fraction of sp³-hybridized carbons (Fsp3) is 0.385. The van der Waals surface area contributed by atoms with Crippen molar-refractivity contribution in [3.8, 4) is 0 Å². The summed E-state index contributed by atoms with van der Waals surface area (Å²) in [5.41, 5.74) is 0.205. The molecule has 1 unspecified atom stereocenters. The highest BCUT2D eigenvalue weighted by Gasteiger charge is 2.31. The van der Waals surface area contributed by atoms with Gasteiger partial charge in [0.25, 0.3) is 5.91 Å². The first kappa shape index (κ1) is 13.5. The van der Waals surface area contributed by atoms with Crippen molar-refractivity contribution in [3.63, 3.8) is 0 Å². The van der Waals surface area contributed by atoms with E-state index in [1.54, 1.807) is 12.1 Å². The van der Waals surface area contributed by atoms with Crippen molar-refractivity contribution in [1.29, 1.82) is 0 Å². The minimum absolute atomic E-state index is 0.0963. The topological polar surface area (TPSA) is 66.8 Å². The van der Waals surface area contributed by atoms with Crippen LogP contribution in [0, 0.1) is 5.82 Å². The second-order valence-electron chi connectivity index (χ2n) is 4.23. The lowest BCUT2D eigenvalue weighted by Gasteiger charge is -2.32. The molecule has 1 heterocycles. The van der Waals surface area contributed by atoms with Crippen LogP contribution < -0.4 is 4.90 Å². The summed E-state index contributed by atoms with van der Waals surface area (Å²) < 4.78 is 18.9. The SMILES string of the molecule is O=C(O)CCC1OCCN(c2ccccc2F)C1=O. The molecule has 6 heteroatoms. The van der Waals surface area contributed by atoms with Crippen molar-refractivity contribution in [1.82, 2.24) is 0 Å². The molecule has 1 aliphatic rings. The van der Waals surface area contributed by atoms with Gasteiger partial charge in [0.05, 0.1) is 12.3 Å². The van der Waals surface area contributed by atoms with Gasteiger partial charge in [-0.05, 0) is 18.6 Å². The number of halogens is 1. The van der Waals surface area contributed by atoms with E-state index in [0.29, 0.717) is 0 Å². The molecule has 1 N–H and O–H groups in total. The standard InChI is InChI=1S/C13H14FNO4/c14-9-3-1-2-4-10(9)15-7-8-19-11(13(15)18)5-6-12(16)17/h1-4,11H,5-8H2,(H,16,17). The van der Waals surface area contributed by atoms with Crippen molar-refractivity contribution in [2.45, 2.75) is 18.9 Å². The summed E-state index contributed by atoms with van der Waals surface area (Å²) in [6.07, 6.45) is -0.870. The number of aliphatic carboxylic acids is 1. The molecule has 1 amide bonds. The number of carboxylic acids is 1. The molecule has 0 spiro atoms. The van der Waals surface area contributed by atoms with Gasteiger partial charge in [0.1, 0.15) is 11.9 Å². The number of benzene rings is 1. The molecule has 1 aromatic rings. The number of amides is 1. The van der Waals surface area contributed by atoms with Crippen LogP contribution in [0.4, 0.5) is 10.1 Å². The molecular weight excluding hydrogens is 253 g/mol. The molecule has 102 valence electrons. The molecule has 2 rings (SSSR count). The Morgan fingerprint density at radius 3 is 2.89 bits per heavy atom. The second-order valence-corrected chi connectivity index (χ2v) is 4.23. The molecule has 0 aromatic heterocycles. The molecule has 0 bridgehead atoms. The highest BCUT2D eigenvalue weighted by molar-refractivity contribution is 5.97. The summed E-state index contributed by atoms with van der Waals surface area (Å²) >= 11 is 0. The van der Waals surface area contributed by atoms with Crippen LogP contribution in [0.1, 0.15) is 12.8 Å². The highest BCUT2D eigenvalue weighted by atomic mass is 19.1. The molecule has 5 nitrogen and oxygen atoms in total. The first-order valence-corrected chi connectivity index (χ1v) is 5.99. The first-order valence-electron chi connectivity index (χ1n) is 5.99. The molecule has 1 aliphatic heterocycles. The number of carbonyl (C=O) groups is 2. The quantitative estimate of drug-likeness (QED) is 0.896. The number of carbonyl (C=O) groups excluding carboxylic acids is 1. The molecule has 0 aliphatic carbocycles. The van der Waals surface area contributed by atoms with E-state index < -0.39 is 23.8 Å². The summed E-state index contributed by atoms with van der Waals surface area (Å²) in [6, 6.07) is 6.00. The third-order valence-electron chi connectivity index (χ3n) is 2.94. The third-order valence-corrected chi connectivity index (χ3v) is 2.94. The van der Waals surface area contributed by atoms with Crippen molar-refractivity contribution < 1.29 is 23.8 Å². The Kier molecular flexibility index (Phi) is 4.11. The van der Waals surface area contributed by atoms with Crippen LogP contribution in [0.15, 0.2) is 24.3 Å². The van der Waals surface area contributed by atoms with Gasteiger partial charge < -0.3 is 14.7 Å². The number of carboxylic acid groups (broad SMARTS) is 1. The van der Waals surface area contributed by atoms with Crippen molar-refractivity contribution in [2.24, 2.45) is 0 Å². The fourth-order valence-electron chi connectivity index (χ4n) is 2.01. The van der Waals surface area contributed by atoms with Crippen LogP contribution in [0.2, 0.25) is 0 Å². The Morgan fingerprint density at radius 1 is 1.47 bits per heavy atom. The van der Waals surface area contributed by atoms with E-state index in [4.69, 9.17) is 9.84 Å². The Hall–Kier alpha value is -1.95. The van der Waals surface area contributed by atoms with Crippen LogP contribution in [0.3, 0.4) is 0 Å². The van der Waals surface area contributed by atoms with E-state index in [1.807, 2.05) is 0 Å². The van der Waals surface area contributed by atoms with Gasteiger partial charge in [-0.2, -0.15) is 0 Å². The number of nitrogens with zero attached hydrogens (tertiary/aromatic N) is 1. The van der Waals surface area contributed by atoms with Gasteiger partial charge in [-0.25, -0.2) is 4.39 Å². The van der Waals surface area contributed by atoms with Crippen LogP contribution in [0.5, 0.6) is 0 Å². The highest BCUT2D eigenvalue weighted by Crippen LogP contribution is 2.23. The van der Waals surface area contributed by atoms with E-state index in [-0.39, 0.29) is 31.7 Å². The molecule has 1 saturated heterocycles.